The summed E-state index contributed by atoms with van der Waals surface area (Å²) >= 11 is 0. The van der Waals surface area contributed by atoms with Gasteiger partial charge in [-0.2, -0.15) is 0 Å². The predicted octanol–water partition coefficient (Wildman–Crippen LogP) is 4.14. The number of aromatic nitrogens is 1. The molecule has 3 N–H and O–H groups in total. The van der Waals surface area contributed by atoms with Crippen molar-refractivity contribution in [2.45, 2.75) is 38.8 Å². The Morgan fingerprint density at radius 1 is 1.10 bits per heavy atom. The molecule has 1 aliphatic rings. The van der Waals surface area contributed by atoms with Gasteiger partial charge >= 0.3 is 0 Å². The Bertz CT molecular complexity index is 1050. The van der Waals surface area contributed by atoms with Crippen molar-refractivity contribution in [1.82, 2.24) is 15.2 Å². The molecule has 0 aliphatic heterocycles. The van der Waals surface area contributed by atoms with Crippen LogP contribution in [-0.4, -0.2) is 30.0 Å². The van der Waals surface area contributed by atoms with Crippen LogP contribution in [0.5, 0.6) is 0 Å². The third-order valence-electron chi connectivity index (χ3n) is 5.90. The first-order valence-electron chi connectivity index (χ1n) is 11.1. The van der Waals surface area contributed by atoms with E-state index in [1.54, 1.807) is 7.05 Å². The summed E-state index contributed by atoms with van der Waals surface area (Å²) in [4.78, 5) is 16.5. The van der Waals surface area contributed by atoms with Gasteiger partial charge in [-0.25, -0.2) is 0 Å². The molecule has 1 aliphatic carbocycles. The highest BCUT2D eigenvalue weighted by Crippen LogP contribution is 2.27. The van der Waals surface area contributed by atoms with Crippen molar-refractivity contribution in [2.24, 2.45) is 10.9 Å². The third-order valence-corrected chi connectivity index (χ3v) is 5.90. The second kappa shape index (κ2) is 10.2. The van der Waals surface area contributed by atoms with Crippen molar-refractivity contribution in [1.29, 1.82) is 0 Å². The van der Waals surface area contributed by atoms with Gasteiger partial charge in [-0.1, -0.05) is 36.8 Å². The number of nitrogens with zero attached hydrogens (tertiary/aromatic N) is 2. The molecule has 0 radical (unpaired) electrons. The van der Waals surface area contributed by atoms with Crippen molar-refractivity contribution < 1.29 is 4.79 Å². The van der Waals surface area contributed by atoms with Gasteiger partial charge in [-0.15, -0.1) is 0 Å². The Balaban J connectivity index is 1.21. The summed E-state index contributed by atoms with van der Waals surface area (Å²) in [5.74, 6) is 1.11. The maximum atomic E-state index is 12.2. The van der Waals surface area contributed by atoms with Gasteiger partial charge in [-0.05, 0) is 54.5 Å². The molecule has 0 spiro atoms. The molecule has 1 fully saturated rings. The van der Waals surface area contributed by atoms with E-state index in [1.165, 1.54) is 10.9 Å². The van der Waals surface area contributed by atoms with Gasteiger partial charge in [0.2, 0.25) is 5.91 Å². The Hall–Kier alpha value is -3.28. The average Bonchev–Trinajstić information content (AvgIpc) is 3.15. The lowest BCUT2D eigenvalue weighted by Crippen LogP contribution is -2.37. The van der Waals surface area contributed by atoms with E-state index in [0.717, 1.165) is 56.0 Å². The van der Waals surface area contributed by atoms with Crippen molar-refractivity contribution >= 4 is 28.5 Å². The third kappa shape index (κ3) is 5.45. The fourth-order valence-corrected chi connectivity index (χ4v) is 3.87. The summed E-state index contributed by atoms with van der Waals surface area (Å²) in [6.45, 7) is 2.44. The lowest BCUT2D eigenvalue weighted by atomic mass is 9.85. The first kappa shape index (κ1) is 21.0. The minimum Gasteiger partial charge on any atom is -0.356 e. The van der Waals surface area contributed by atoms with Crippen LogP contribution < -0.4 is 16.0 Å². The minimum atomic E-state index is 0.143. The largest absolute Gasteiger partial charge is 0.356 e. The Morgan fingerprint density at radius 2 is 1.97 bits per heavy atom. The monoisotopic (exact) mass is 417 g/mol. The molecular formula is C25H31N5O. The van der Waals surface area contributed by atoms with E-state index in [4.69, 9.17) is 0 Å². The van der Waals surface area contributed by atoms with Gasteiger partial charge in [0.25, 0.3) is 0 Å². The number of nitrogens with one attached hydrogen (secondary N) is 3. The second-order valence-electron chi connectivity index (χ2n) is 8.09. The molecule has 2 aromatic carbocycles. The molecule has 6 nitrogen and oxygen atoms in total. The number of rotatable bonds is 8. The van der Waals surface area contributed by atoms with E-state index in [0.29, 0.717) is 6.54 Å². The van der Waals surface area contributed by atoms with Gasteiger partial charge in [0.15, 0.2) is 5.96 Å². The van der Waals surface area contributed by atoms with Crippen LogP contribution in [0.25, 0.3) is 10.9 Å². The summed E-state index contributed by atoms with van der Waals surface area (Å²) in [6.07, 6.45) is 6.33. The van der Waals surface area contributed by atoms with Gasteiger partial charge in [0, 0.05) is 50.0 Å². The van der Waals surface area contributed by atoms with Crippen LogP contribution in [0, 0.1) is 5.92 Å². The maximum absolute atomic E-state index is 12.2. The number of hydrogen-bond acceptors (Lipinski definition) is 2. The normalized spacial score (nSPS) is 14.3. The van der Waals surface area contributed by atoms with Gasteiger partial charge in [-0.3, -0.25) is 9.79 Å². The fraction of sp³-hybridized carbons (Fsp3) is 0.360. The number of carbonyl (C=O) groups is 1. The lowest BCUT2D eigenvalue weighted by molar-refractivity contribution is -0.122. The number of para-hydroxylation sites is 1. The number of anilines is 1. The zero-order chi connectivity index (χ0) is 21.5. The molecule has 0 unspecified atom stereocenters. The Kier molecular flexibility index (Phi) is 6.87. The molecule has 3 aromatic rings. The lowest BCUT2D eigenvalue weighted by Gasteiger charge is -2.24. The highest BCUT2D eigenvalue weighted by atomic mass is 16.1. The van der Waals surface area contributed by atoms with Crippen LogP contribution in [-0.2, 0) is 17.9 Å². The SMILES string of the molecule is CN=C(NCCCn1ccc2ccccc21)NCc1cccc(NC(=O)C2CCC2)c1. The molecule has 1 heterocycles. The number of benzene rings is 2. The van der Waals surface area contributed by atoms with Crippen molar-refractivity contribution in [3.63, 3.8) is 0 Å². The Labute approximate surface area is 183 Å². The summed E-state index contributed by atoms with van der Waals surface area (Å²) in [5, 5.41) is 11.1. The number of aryl methyl sites for hydroxylation is 1. The topological polar surface area (TPSA) is 70.5 Å². The molecular weight excluding hydrogens is 386 g/mol. The van der Waals surface area contributed by atoms with Crippen LogP contribution in [0.2, 0.25) is 0 Å². The molecule has 1 saturated carbocycles. The highest BCUT2D eigenvalue weighted by molar-refractivity contribution is 5.93. The summed E-state index contributed by atoms with van der Waals surface area (Å²) < 4.78 is 2.29. The Morgan fingerprint density at radius 3 is 2.77 bits per heavy atom. The summed E-state index contributed by atoms with van der Waals surface area (Å²) in [6, 6.07) is 18.6. The van der Waals surface area contributed by atoms with Crippen LogP contribution >= 0.6 is 0 Å². The van der Waals surface area contributed by atoms with Crippen LogP contribution in [0.3, 0.4) is 0 Å². The van der Waals surface area contributed by atoms with Crippen molar-refractivity contribution in [3.8, 4) is 0 Å². The van der Waals surface area contributed by atoms with Crippen molar-refractivity contribution in [2.75, 3.05) is 18.9 Å². The molecule has 31 heavy (non-hydrogen) atoms. The summed E-state index contributed by atoms with van der Waals surface area (Å²) in [5.41, 5.74) is 3.24. The fourth-order valence-electron chi connectivity index (χ4n) is 3.87. The molecule has 0 bridgehead atoms. The zero-order valence-electron chi connectivity index (χ0n) is 18.1. The number of hydrogen-bond donors (Lipinski definition) is 3. The summed E-state index contributed by atoms with van der Waals surface area (Å²) in [7, 11) is 1.78. The molecule has 162 valence electrons. The van der Waals surface area contributed by atoms with Crippen LogP contribution in [0.4, 0.5) is 5.69 Å². The first-order chi connectivity index (χ1) is 15.2. The standard InChI is InChI=1S/C25H31N5O/c1-26-25(27-14-6-15-30-16-13-20-8-2-3-12-23(20)30)28-18-19-7-4-11-22(17-19)29-24(31)21-9-5-10-21/h2-4,7-8,11-13,16-17,21H,5-6,9-10,14-15,18H2,1H3,(H,29,31)(H2,26,27,28). The van der Waals surface area contributed by atoms with E-state index in [1.807, 2.05) is 18.2 Å². The first-order valence-corrected chi connectivity index (χ1v) is 11.1. The quantitative estimate of drug-likeness (QED) is 0.293. The number of amides is 1. The highest BCUT2D eigenvalue weighted by Gasteiger charge is 2.25. The molecule has 0 atom stereocenters. The maximum Gasteiger partial charge on any atom is 0.227 e. The van der Waals surface area contributed by atoms with E-state index in [-0.39, 0.29) is 11.8 Å². The molecule has 1 aromatic heterocycles. The van der Waals surface area contributed by atoms with E-state index in [2.05, 4.69) is 68.1 Å². The van der Waals surface area contributed by atoms with E-state index < -0.39 is 0 Å². The van der Waals surface area contributed by atoms with E-state index >= 15 is 0 Å². The smallest absolute Gasteiger partial charge is 0.227 e. The van der Waals surface area contributed by atoms with Crippen LogP contribution in [0.1, 0.15) is 31.2 Å². The zero-order valence-corrected chi connectivity index (χ0v) is 18.1. The van der Waals surface area contributed by atoms with Crippen LogP contribution in [0.15, 0.2) is 65.8 Å². The molecule has 0 saturated heterocycles. The number of guanidine groups is 1. The number of carbonyl (C=O) groups excluding carboxylic acids is 1. The minimum absolute atomic E-state index is 0.143. The predicted molar refractivity (Wildman–Crippen MR) is 127 cm³/mol. The number of aliphatic imine (C=N–C) groups is 1. The second-order valence-corrected chi connectivity index (χ2v) is 8.09. The molecule has 4 rings (SSSR count). The van der Waals surface area contributed by atoms with Gasteiger partial charge in [0.1, 0.15) is 0 Å². The molecule has 6 heteroatoms. The molecule has 1 amide bonds. The average molecular weight is 418 g/mol. The van der Waals surface area contributed by atoms with Gasteiger partial charge in [0.05, 0.1) is 0 Å². The number of fused-ring (bicyclic) bond motifs is 1. The van der Waals surface area contributed by atoms with Gasteiger partial charge < -0.3 is 20.5 Å². The van der Waals surface area contributed by atoms with Crippen molar-refractivity contribution in [3.05, 3.63) is 66.4 Å². The van der Waals surface area contributed by atoms with E-state index in [9.17, 15) is 4.79 Å².